The van der Waals surface area contributed by atoms with Gasteiger partial charge < -0.3 is 5.32 Å². The van der Waals surface area contributed by atoms with Crippen LogP contribution in [0.2, 0.25) is 0 Å². The molecular formula is C19H24N4O2S. The lowest BCUT2D eigenvalue weighted by Crippen LogP contribution is -2.43. The minimum absolute atomic E-state index is 0.220. The van der Waals surface area contributed by atoms with Crippen molar-refractivity contribution in [1.29, 1.82) is 0 Å². The standard InChI is InChI=1S/C19H24N4O2S/c1-12(2)15-6-4-5-7-16(15)23-11-10-20-19(23)26-13(3)17(24)22-18(25)21-14-8-9-14/h4-7,10-14H,8-9H2,1-3H3,(H2,21,22,24,25). The monoisotopic (exact) mass is 372 g/mol. The summed E-state index contributed by atoms with van der Waals surface area (Å²) in [6, 6.07) is 7.97. The van der Waals surface area contributed by atoms with Crippen LogP contribution in [0.5, 0.6) is 0 Å². The average molecular weight is 372 g/mol. The van der Waals surface area contributed by atoms with E-state index in [2.05, 4.69) is 41.6 Å². The van der Waals surface area contributed by atoms with Gasteiger partial charge in [0.25, 0.3) is 0 Å². The number of nitrogens with zero attached hydrogens (tertiary/aromatic N) is 2. The maximum atomic E-state index is 12.3. The summed E-state index contributed by atoms with van der Waals surface area (Å²) in [7, 11) is 0. The Morgan fingerprint density at radius 3 is 2.65 bits per heavy atom. The lowest BCUT2D eigenvalue weighted by Gasteiger charge is -2.16. The highest BCUT2D eigenvalue weighted by molar-refractivity contribution is 8.00. The number of para-hydroxylation sites is 1. The fourth-order valence-electron chi connectivity index (χ4n) is 2.63. The van der Waals surface area contributed by atoms with E-state index >= 15 is 0 Å². The number of hydrogen-bond donors (Lipinski definition) is 2. The van der Waals surface area contributed by atoms with Gasteiger partial charge in [0.05, 0.1) is 10.9 Å². The van der Waals surface area contributed by atoms with Gasteiger partial charge in [-0.3, -0.25) is 14.7 Å². The summed E-state index contributed by atoms with van der Waals surface area (Å²) in [5.41, 5.74) is 2.27. The molecule has 0 radical (unpaired) electrons. The second kappa shape index (κ2) is 7.95. The predicted octanol–water partition coefficient (Wildman–Crippen LogP) is 3.46. The Hall–Kier alpha value is -2.28. The van der Waals surface area contributed by atoms with Crippen molar-refractivity contribution in [1.82, 2.24) is 20.2 Å². The number of imide groups is 1. The Balaban J connectivity index is 1.70. The Kier molecular flexibility index (Phi) is 5.66. The van der Waals surface area contributed by atoms with Gasteiger partial charge in [0, 0.05) is 18.4 Å². The van der Waals surface area contributed by atoms with Gasteiger partial charge in [0.15, 0.2) is 5.16 Å². The molecule has 1 unspecified atom stereocenters. The van der Waals surface area contributed by atoms with Crippen LogP contribution in [0.25, 0.3) is 5.69 Å². The number of rotatable bonds is 6. The van der Waals surface area contributed by atoms with Crippen molar-refractivity contribution in [2.45, 2.75) is 56.0 Å². The third-order valence-corrected chi connectivity index (χ3v) is 5.31. The molecule has 0 bridgehead atoms. The molecule has 2 aromatic rings. The first kappa shape index (κ1) is 18.5. The molecule has 1 atom stereocenters. The third-order valence-electron chi connectivity index (χ3n) is 4.23. The summed E-state index contributed by atoms with van der Waals surface area (Å²) in [5, 5.41) is 5.45. The number of thioether (sulfide) groups is 1. The lowest BCUT2D eigenvalue weighted by molar-refractivity contribution is -0.119. The van der Waals surface area contributed by atoms with Gasteiger partial charge in [0.2, 0.25) is 5.91 Å². The molecule has 1 heterocycles. The average Bonchev–Trinajstić information content (AvgIpc) is 3.29. The highest BCUT2D eigenvalue weighted by Gasteiger charge is 2.25. The predicted molar refractivity (Wildman–Crippen MR) is 103 cm³/mol. The molecule has 138 valence electrons. The van der Waals surface area contributed by atoms with Crippen molar-refractivity contribution in [3.63, 3.8) is 0 Å². The van der Waals surface area contributed by atoms with Gasteiger partial charge in [-0.05, 0) is 37.3 Å². The fourth-order valence-corrected chi connectivity index (χ4v) is 3.51. The van der Waals surface area contributed by atoms with Crippen LogP contribution in [-0.2, 0) is 4.79 Å². The maximum Gasteiger partial charge on any atom is 0.321 e. The minimum atomic E-state index is -0.438. The number of imidazole rings is 1. The van der Waals surface area contributed by atoms with Gasteiger partial charge in [0.1, 0.15) is 0 Å². The van der Waals surface area contributed by atoms with Crippen LogP contribution in [0.15, 0.2) is 41.8 Å². The zero-order chi connectivity index (χ0) is 18.7. The van der Waals surface area contributed by atoms with Crippen molar-refractivity contribution in [2.75, 3.05) is 0 Å². The van der Waals surface area contributed by atoms with Crippen LogP contribution in [0.3, 0.4) is 0 Å². The van der Waals surface area contributed by atoms with Gasteiger partial charge >= 0.3 is 6.03 Å². The Morgan fingerprint density at radius 1 is 1.23 bits per heavy atom. The second-order valence-corrected chi connectivity index (χ2v) is 8.10. The number of urea groups is 1. The number of amides is 3. The lowest BCUT2D eigenvalue weighted by atomic mass is 10.0. The quantitative estimate of drug-likeness (QED) is 0.762. The van der Waals surface area contributed by atoms with E-state index in [4.69, 9.17) is 0 Å². The van der Waals surface area contributed by atoms with Crippen molar-refractivity contribution in [2.24, 2.45) is 0 Å². The SMILES string of the molecule is CC(Sc1nccn1-c1ccccc1C(C)C)C(=O)NC(=O)NC1CC1. The van der Waals surface area contributed by atoms with E-state index in [-0.39, 0.29) is 11.9 Å². The van der Waals surface area contributed by atoms with Crippen LogP contribution in [0, 0.1) is 0 Å². The molecule has 1 aromatic carbocycles. The molecule has 0 saturated heterocycles. The first-order chi connectivity index (χ1) is 12.5. The second-order valence-electron chi connectivity index (χ2n) is 6.79. The molecule has 1 aromatic heterocycles. The molecule has 1 fully saturated rings. The van der Waals surface area contributed by atoms with Crippen molar-refractivity contribution < 1.29 is 9.59 Å². The zero-order valence-electron chi connectivity index (χ0n) is 15.2. The van der Waals surface area contributed by atoms with E-state index < -0.39 is 11.3 Å². The van der Waals surface area contributed by atoms with Gasteiger partial charge in [-0.25, -0.2) is 9.78 Å². The van der Waals surface area contributed by atoms with Crippen molar-refractivity contribution in [3.8, 4) is 5.69 Å². The largest absolute Gasteiger partial charge is 0.335 e. The number of aromatic nitrogens is 2. The topological polar surface area (TPSA) is 76.0 Å². The molecule has 1 saturated carbocycles. The van der Waals surface area contributed by atoms with E-state index in [9.17, 15) is 9.59 Å². The first-order valence-corrected chi connectivity index (χ1v) is 9.74. The molecule has 3 rings (SSSR count). The molecule has 1 aliphatic carbocycles. The first-order valence-electron chi connectivity index (χ1n) is 8.86. The molecule has 7 heteroatoms. The molecule has 1 aliphatic rings. The van der Waals surface area contributed by atoms with Gasteiger partial charge in [-0.1, -0.05) is 43.8 Å². The Morgan fingerprint density at radius 2 is 1.96 bits per heavy atom. The van der Waals surface area contributed by atoms with Crippen LogP contribution in [0.4, 0.5) is 4.79 Å². The van der Waals surface area contributed by atoms with Crippen LogP contribution in [0.1, 0.15) is 45.1 Å². The van der Waals surface area contributed by atoms with Crippen molar-refractivity contribution >= 4 is 23.7 Å². The van der Waals surface area contributed by atoms with Gasteiger partial charge in [-0.15, -0.1) is 0 Å². The third kappa shape index (κ3) is 4.46. The molecule has 2 N–H and O–H groups in total. The van der Waals surface area contributed by atoms with E-state index in [1.54, 1.807) is 13.1 Å². The number of carbonyl (C=O) groups is 2. The summed E-state index contributed by atoms with van der Waals surface area (Å²) in [6.07, 6.45) is 5.59. The number of carbonyl (C=O) groups excluding carboxylic acids is 2. The maximum absolute atomic E-state index is 12.3. The van der Waals surface area contributed by atoms with Crippen LogP contribution < -0.4 is 10.6 Å². The van der Waals surface area contributed by atoms with Crippen LogP contribution in [-0.4, -0.2) is 32.8 Å². The summed E-state index contributed by atoms with van der Waals surface area (Å²) >= 11 is 1.34. The molecular weight excluding hydrogens is 348 g/mol. The van der Waals surface area contributed by atoms with E-state index in [1.807, 2.05) is 22.9 Å². The number of hydrogen-bond acceptors (Lipinski definition) is 4. The minimum Gasteiger partial charge on any atom is -0.335 e. The Bertz CT molecular complexity index is 798. The molecule has 0 aliphatic heterocycles. The summed E-state index contributed by atoms with van der Waals surface area (Å²) < 4.78 is 1.99. The highest BCUT2D eigenvalue weighted by Crippen LogP contribution is 2.29. The summed E-state index contributed by atoms with van der Waals surface area (Å²) in [5.74, 6) is 0.0538. The molecule has 26 heavy (non-hydrogen) atoms. The Labute approximate surface area is 157 Å². The normalized spacial score (nSPS) is 14.9. The summed E-state index contributed by atoms with van der Waals surface area (Å²) in [6.45, 7) is 6.08. The van der Waals surface area contributed by atoms with Crippen molar-refractivity contribution in [3.05, 3.63) is 42.2 Å². The van der Waals surface area contributed by atoms with E-state index in [0.29, 0.717) is 5.92 Å². The summed E-state index contributed by atoms with van der Waals surface area (Å²) in [4.78, 5) is 28.4. The highest BCUT2D eigenvalue weighted by atomic mass is 32.2. The van der Waals surface area contributed by atoms with Crippen LogP contribution >= 0.6 is 11.8 Å². The molecule has 0 spiro atoms. The van der Waals surface area contributed by atoms with E-state index in [1.165, 1.54) is 17.3 Å². The number of nitrogens with one attached hydrogen (secondary N) is 2. The molecule has 6 nitrogen and oxygen atoms in total. The molecule has 3 amide bonds. The fraction of sp³-hybridized carbons (Fsp3) is 0.421. The zero-order valence-corrected chi connectivity index (χ0v) is 16.0. The van der Waals surface area contributed by atoms with Gasteiger partial charge in [-0.2, -0.15) is 0 Å². The smallest absolute Gasteiger partial charge is 0.321 e. The van der Waals surface area contributed by atoms with E-state index in [0.717, 1.165) is 23.7 Å². The number of benzene rings is 1.